The first kappa shape index (κ1) is 14.3. The average molecular weight is 280 g/mol. The van der Waals surface area contributed by atoms with Crippen molar-refractivity contribution in [3.05, 3.63) is 29.3 Å². The average Bonchev–Trinajstić information content (AvgIpc) is 2.73. The molecule has 1 aromatic rings. The Morgan fingerprint density at radius 1 is 1.16 bits per heavy atom. The van der Waals surface area contributed by atoms with E-state index < -0.39 is 21.0 Å². The molecule has 19 heavy (non-hydrogen) atoms. The van der Waals surface area contributed by atoms with Gasteiger partial charge in [-0.3, -0.25) is 4.79 Å². The van der Waals surface area contributed by atoms with E-state index in [1.807, 2.05) is 6.07 Å². The maximum Gasteiger partial charge on any atom is 0.185 e. The van der Waals surface area contributed by atoms with E-state index in [1.165, 1.54) is 5.56 Å². The molecule has 0 saturated heterocycles. The van der Waals surface area contributed by atoms with Gasteiger partial charge in [-0.2, -0.15) is 0 Å². The molecule has 0 radical (unpaired) electrons. The molecule has 0 atom stereocenters. The van der Waals surface area contributed by atoms with Gasteiger partial charge in [-0.15, -0.1) is 0 Å². The second-order valence-corrected chi connectivity index (χ2v) is 8.21. The van der Waals surface area contributed by atoms with Crippen LogP contribution in [-0.2, 0) is 27.5 Å². The molecule has 2 rings (SSSR count). The molecule has 0 unspecified atom stereocenters. The minimum Gasteiger partial charge on any atom is -0.298 e. The van der Waals surface area contributed by atoms with E-state index in [0.29, 0.717) is 0 Å². The van der Waals surface area contributed by atoms with Crippen molar-refractivity contribution in [1.82, 2.24) is 0 Å². The third kappa shape index (κ3) is 3.06. The van der Waals surface area contributed by atoms with Crippen molar-refractivity contribution in [3.63, 3.8) is 0 Å². The zero-order valence-corrected chi connectivity index (χ0v) is 12.5. The fourth-order valence-electron chi connectivity index (χ4n) is 2.21. The van der Waals surface area contributed by atoms with Gasteiger partial charge in [-0.1, -0.05) is 26.8 Å². The lowest BCUT2D eigenvalue weighted by Crippen LogP contribution is -2.28. The van der Waals surface area contributed by atoms with Crippen molar-refractivity contribution >= 4 is 15.6 Å². The standard InChI is InChI=1S/C15H20O3S/c1-15(2,3)14(16)10-19(17,18)13-8-7-11-5-4-6-12(11)9-13/h7-9H,4-6,10H2,1-3H3. The number of carbonyl (C=O) groups is 1. The highest BCUT2D eigenvalue weighted by molar-refractivity contribution is 7.92. The molecule has 0 heterocycles. The topological polar surface area (TPSA) is 51.2 Å². The van der Waals surface area contributed by atoms with Crippen LogP contribution in [0.5, 0.6) is 0 Å². The van der Waals surface area contributed by atoms with E-state index in [9.17, 15) is 13.2 Å². The summed E-state index contributed by atoms with van der Waals surface area (Å²) < 4.78 is 24.5. The maximum atomic E-state index is 12.3. The largest absolute Gasteiger partial charge is 0.298 e. The number of Topliss-reactive ketones (excluding diaryl/α,β-unsaturated/α-hetero) is 1. The fourth-order valence-corrected chi connectivity index (χ4v) is 3.76. The lowest BCUT2D eigenvalue weighted by atomic mass is 9.92. The molecule has 0 bridgehead atoms. The summed E-state index contributed by atoms with van der Waals surface area (Å²) in [4.78, 5) is 12.2. The van der Waals surface area contributed by atoms with Crippen LogP contribution in [-0.4, -0.2) is 20.0 Å². The molecule has 0 aliphatic heterocycles. The van der Waals surface area contributed by atoms with Gasteiger partial charge in [-0.05, 0) is 42.5 Å². The molecule has 4 heteroatoms. The highest BCUT2D eigenvalue weighted by atomic mass is 32.2. The molecule has 0 N–H and O–H groups in total. The summed E-state index contributed by atoms with van der Waals surface area (Å²) in [5.74, 6) is -0.650. The van der Waals surface area contributed by atoms with Gasteiger partial charge in [0.25, 0.3) is 0 Å². The fraction of sp³-hybridized carbons (Fsp3) is 0.533. The number of carbonyl (C=O) groups excluding carboxylic acids is 1. The number of benzene rings is 1. The van der Waals surface area contributed by atoms with E-state index in [0.717, 1.165) is 24.8 Å². The van der Waals surface area contributed by atoms with Gasteiger partial charge in [0.1, 0.15) is 5.75 Å². The summed E-state index contributed by atoms with van der Waals surface area (Å²) in [5, 5.41) is 0. The second kappa shape index (κ2) is 4.75. The molecule has 3 nitrogen and oxygen atoms in total. The quantitative estimate of drug-likeness (QED) is 0.855. The van der Waals surface area contributed by atoms with Gasteiger partial charge in [0.05, 0.1) is 4.90 Å². The predicted octanol–water partition coefficient (Wildman–Crippen LogP) is 2.56. The van der Waals surface area contributed by atoms with Crippen LogP contribution in [0.3, 0.4) is 0 Å². The van der Waals surface area contributed by atoms with Crippen molar-refractivity contribution in [2.24, 2.45) is 5.41 Å². The van der Waals surface area contributed by atoms with Gasteiger partial charge >= 0.3 is 0 Å². The van der Waals surface area contributed by atoms with Crippen molar-refractivity contribution in [2.45, 2.75) is 44.9 Å². The summed E-state index contributed by atoms with van der Waals surface area (Å²) in [6, 6.07) is 5.26. The number of ketones is 1. The number of hydrogen-bond donors (Lipinski definition) is 0. The van der Waals surface area contributed by atoms with Crippen LogP contribution >= 0.6 is 0 Å². The first-order chi connectivity index (χ1) is 8.70. The summed E-state index contributed by atoms with van der Waals surface area (Å²) in [5.41, 5.74) is 1.73. The van der Waals surface area contributed by atoms with Crippen molar-refractivity contribution in [3.8, 4) is 0 Å². The summed E-state index contributed by atoms with van der Waals surface area (Å²) in [6.07, 6.45) is 3.04. The van der Waals surface area contributed by atoms with Crippen molar-refractivity contribution in [2.75, 3.05) is 5.75 Å². The van der Waals surface area contributed by atoms with Crippen LogP contribution in [0, 0.1) is 5.41 Å². The van der Waals surface area contributed by atoms with Crippen molar-refractivity contribution in [1.29, 1.82) is 0 Å². The zero-order valence-electron chi connectivity index (χ0n) is 11.7. The lowest BCUT2D eigenvalue weighted by molar-refractivity contribution is -0.123. The Kier molecular flexibility index (Phi) is 3.56. The maximum absolute atomic E-state index is 12.3. The van der Waals surface area contributed by atoms with Gasteiger partial charge in [0.2, 0.25) is 0 Å². The summed E-state index contributed by atoms with van der Waals surface area (Å²) in [6.45, 7) is 5.23. The van der Waals surface area contributed by atoms with E-state index >= 15 is 0 Å². The third-order valence-corrected chi connectivity index (χ3v) is 5.20. The number of aryl methyl sites for hydroxylation is 2. The summed E-state index contributed by atoms with van der Waals surface area (Å²) >= 11 is 0. The van der Waals surface area contributed by atoms with E-state index in [-0.39, 0.29) is 10.7 Å². The minimum atomic E-state index is -3.51. The molecular weight excluding hydrogens is 260 g/mol. The van der Waals surface area contributed by atoms with E-state index in [4.69, 9.17) is 0 Å². The summed E-state index contributed by atoms with van der Waals surface area (Å²) in [7, 11) is -3.51. The first-order valence-corrected chi connectivity index (χ1v) is 8.23. The number of hydrogen-bond acceptors (Lipinski definition) is 3. The molecule has 0 saturated carbocycles. The van der Waals surface area contributed by atoms with Gasteiger partial charge < -0.3 is 0 Å². The molecule has 0 fully saturated rings. The van der Waals surface area contributed by atoms with Crippen LogP contribution in [0.15, 0.2) is 23.1 Å². The molecule has 1 aliphatic carbocycles. The number of fused-ring (bicyclic) bond motifs is 1. The monoisotopic (exact) mass is 280 g/mol. The van der Waals surface area contributed by atoms with E-state index in [2.05, 4.69) is 0 Å². The second-order valence-electron chi connectivity index (χ2n) is 6.22. The SMILES string of the molecule is CC(C)(C)C(=O)CS(=O)(=O)c1ccc2c(c1)CCC2. The Morgan fingerprint density at radius 3 is 2.42 bits per heavy atom. The lowest BCUT2D eigenvalue weighted by Gasteiger charge is -2.16. The van der Waals surface area contributed by atoms with Crippen LogP contribution in [0.4, 0.5) is 0 Å². The molecule has 0 amide bonds. The highest BCUT2D eigenvalue weighted by Gasteiger charge is 2.28. The zero-order chi connectivity index (χ0) is 14.3. The van der Waals surface area contributed by atoms with Gasteiger partial charge in [-0.25, -0.2) is 8.42 Å². The molecule has 104 valence electrons. The van der Waals surface area contributed by atoms with Crippen LogP contribution < -0.4 is 0 Å². The predicted molar refractivity (Wildman–Crippen MR) is 75.0 cm³/mol. The van der Waals surface area contributed by atoms with Gasteiger partial charge in [0, 0.05) is 5.41 Å². The molecule has 0 spiro atoms. The Hall–Kier alpha value is -1.16. The van der Waals surface area contributed by atoms with Crippen LogP contribution in [0.2, 0.25) is 0 Å². The van der Waals surface area contributed by atoms with Crippen LogP contribution in [0.25, 0.3) is 0 Å². The third-order valence-electron chi connectivity index (χ3n) is 3.59. The normalized spacial score (nSPS) is 15.3. The van der Waals surface area contributed by atoms with Gasteiger partial charge in [0.15, 0.2) is 15.6 Å². The molecule has 0 aromatic heterocycles. The Balaban J connectivity index is 2.28. The Morgan fingerprint density at radius 2 is 1.79 bits per heavy atom. The molecule has 1 aromatic carbocycles. The smallest absolute Gasteiger partial charge is 0.185 e. The number of sulfone groups is 1. The van der Waals surface area contributed by atoms with E-state index in [1.54, 1.807) is 32.9 Å². The minimum absolute atomic E-state index is 0.243. The molecular formula is C15H20O3S. The Labute approximate surface area is 114 Å². The number of rotatable bonds is 3. The Bertz CT molecular complexity index is 607. The van der Waals surface area contributed by atoms with Crippen molar-refractivity contribution < 1.29 is 13.2 Å². The first-order valence-electron chi connectivity index (χ1n) is 6.58. The van der Waals surface area contributed by atoms with Crippen LogP contribution in [0.1, 0.15) is 38.3 Å². The molecule has 1 aliphatic rings. The highest BCUT2D eigenvalue weighted by Crippen LogP contribution is 2.26.